The van der Waals surface area contributed by atoms with E-state index < -0.39 is 23.4 Å². The van der Waals surface area contributed by atoms with E-state index in [0.29, 0.717) is 67.2 Å². The van der Waals surface area contributed by atoms with Crippen molar-refractivity contribution in [1.82, 2.24) is 24.6 Å². The fraction of sp³-hybridized carbons (Fsp3) is 0.615. The van der Waals surface area contributed by atoms with Gasteiger partial charge in [-0.25, -0.2) is 24.2 Å². The average Bonchev–Trinajstić information content (AvgIpc) is 3.26. The second kappa shape index (κ2) is 12.8. The van der Waals surface area contributed by atoms with Crippen molar-refractivity contribution in [2.24, 2.45) is 0 Å². The van der Waals surface area contributed by atoms with Gasteiger partial charge in [-0.05, 0) is 72.8 Å². The van der Waals surface area contributed by atoms with Crippen LogP contribution in [0.3, 0.4) is 0 Å². The number of esters is 1. The van der Waals surface area contributed by atoms with E-state index in [4.69, 9.17) is 9.84 Å². The topological polar surface area (TPSA) is 140 Å². The molecule has 202 valence electrons. The van der Waals surface area contributed by atoms with E-state index in [1.165, 1.54) is 6.33 Å². The molecule has 1 aliphatic carbocycles. The summed E-state index contributed by atoms with van der Waals surface area (Å²) in [4.78, 5) is 47.4. The van der Waals surface area contributed by atoms with Crippen molar-refractivity contribution in [2.75, 3.05) is 11.9 Å². The Balaban J connectivity index is 1.70. The van der Waals surface area contributed by atoms with Gasteiger partial charge in [0.15, 0.2) is 11.2 Å². The number of nitrogens with one attached hydrogen (secondary N) is 1. The highest BCUT2D eigenvalue weighted by molar-refractivity contribution is 6.03. The standard InChI is InChI=1S/C26H38N6O5/c1-18(2)31(19(3)4)14-8-9-15-32-24-20(16-29-32)23(27-17-28-24)30-25(36)26(12-6-5-7-13-26)37-22(35)11-10-21(33)34/h10-11,16-19H,5-9,12-15H2,1-4H3,(H,33,34)(H,27,28,30,36)/b11-10-. The number of carbonyl (C=O) groups excluding carboxylic acids is 2. The number of carbonyl (C=O) groups is 3. The number of hydrogen-bond acceptors (Lipinski definition) is 8. The maximum atomic E-state index is 13.4. The summed E-state index contributed by atoms with van der Waals surface area (Å²) in [7, 11) is 0. The predicted molar refractivity (Wildman–Crippen MR) is 139 cm³/mol. The number of aromatic nitrogens is 4. The number of nitrogens with zero attached hydrogens (tertiary/aromatic N) is 5. The highest BCUT2D eigenvalue weighted by Gasteiger charge is 2.43. The number of fused-ring (bicyclic) bond motifs is 1. The van der Waals surface area contributed by atoms with E-state index in [-0.39, 0.29) is 0 Å². The van der Waals surface area contributed by atoms with Crippen LogP contribution in [-0.2, 0) is 25.7 Å². The van der Waals surface area contributed by atoms with Gasteiger partial charge >= 0.3 is 11.9 Å². The molecule has 1 amide bonds. The minimum atomic E-state index is -1.38. The Morgan fingerprint density at radius 3 is 2.46 bits per heavy atom. The normalized spacial score (nSPS) is 15.6. The van der Waals surface area contributed by atoms with Gasteiger partial charge in [-0.1, -0.05) is 6.42 Å². The van der Waals surface area contributed by atoms with Crippen LogP contribution in [0.5, 0.6) is 0 Å². The number of carboxylic acids is 1. The maximum Gasteiger partial charge on any atom is 0.332 e. The molecule has 2 N–H and O–H groups in total. The molecule has 11 heteroatoms. The first-order chi connectivity index (χ1) is 17.6. The number of amides is 1. The molecule has 1 saturated carbocycles. The minimum Gasteiger partial charge on any atom is -0.478 e. The lowest BCUT2D eigenvalue weighted by atomic mass is 9.83. The molecule has 2 aromatic heterocycles. The van der Waals surface area contributed by atoms with Gasteiger partial charge in [0.1, 0.15) is 12.1 Å². The van der Waals surface area contributed by atoms with Crippen molar-refractivity contribution in [3.05, 3.63) is 24.7 Å². The molecule has 2 heterocycles. The molecule has 0 radical (unpaired) electrons. The molecule has 0 bridgehead atoms. The number of anilines is 1. The second-order valence-corrected chi connectivity index (χ2v) is 10.1. The number of hydrogen-bond donors (Lipinski definition) is 2. The number of unbranched alkanes of at least 4 members (excludes halogenated alkanes) is 1. The van der Waals surface area contributed by atoms with Gasteiger partial charge in [0.25, 0.3) is 5.91 Å². The van der Waals surface area contributed by atoms with Gasteiger partial charge in [0.05, 0.1) is 11.6 Å². The average molecular weight is 515 g/mol. The first-order valence-electron chi connectivity index (χ1n) is 13.0. The Morgan fingerprint density at radius 1 is 1.11 bits per heavy atom. The Kier molecular flexibility index (Phi) is 9.73. The van der Waals surface area contributed by atoms with Crippen LogP contribution in [0, 0.1) is 0 Å². The van der Waals surface area contributed by atoms with Gasteiger partial charge in [0, 0.05) is 30.8 Å². The molecular weight excluding hydrogens is 476 g/mol. The van der Waals surface area contributed by atoms with Crippen molar-refractivity contribution in [1.29, 1.82) is 0 Å². The van der Waals surface area contributed by atoms with Crippen LogP contribution in [0.25, 0.3) is 11.0 Å². The third-order valence-corrected chi connectivity index (χ3v) is 6.76. The third-order valence-electron chi connectivity index (χ3n) is 6.76. The lowest BCUT2D eigenvalue weighted by Crippen LogP contribution is -2.48. The van der Waals surface area contributed by atoms with Crippen LogP contribution in [0.15, 0.2) is 24.7 Å². The molecule has 37 heavy (non-hydrogen) atoms. The van der Waals surface area contributed by atoms with E-state index >= 15 is 0 Å². The summed E-state index contributed by atoms with van der Waals surface area (Å²) < 4.78 is 7.34. The number of rotatable bonds is 12. The van der Waals surface area contributed by atoms with Crippen LogP contribution >= 0.6 is 0 Å². The summed E-state index contributed by atoms with van der Waals surface area (Å²) >= 11 is 0. The molecule has 0 unspecified atom stereocenters. The Labute approximate surface area is 217 Å². The lowest BCUT2D eigenvalue weighted by molar-refractivity contribution is -0.165. The smallest absolute Gasteiger partial charge is 0.332 e. The predicted octanol–water partition coefficient (Wildman–Crippen LogP) is 3.55. The molecule has 0 aromatic carbocycles. The van der Waals surface area contributed by atoms with Crippen LogP contribution in [-0.4, -0.2) is 71.8 Å². The van der Waals surface area contributed by atoms with Gasteiger partial charge in [-0.15, -0.1) is 0 Å². The van der Waals surface area contributed by atoms with Crippen molar-refractivity contribution in [3.8, 4) is 0 Å². The number of aliphatic carboxylic acids is 1. The molecule has 11 nitrogen and oxygen atoms in total. The van der Waals surface area contributed by atoms with Crippen molar-refractivity contribution in [2.45, 2.75) is 96.9 Å². The Bertz CT molecular complexity index is 1110. The van der Waals surface area contributed by atoms with Crippen LogP contribution < -0.4 is 5.32 Å². The van der Waals surface area contributed by atoms with E-state index in [1.807, 2.05) is 4.68 Å². The van der Waals surface area contributed by atoms with Crippen molar-refractivity contribution in [3.63, 3.8) is 0 Å². The second-order valence-electron chi connectivity index (χ2n) is 10.1. The summed E-state index contributed by atoms with van der Waals surface area (Å²) in [6.45, 7) is 10.5. The third kappa shape index (κ3) is 7.34. The molecule has 1 fully saturated rings. The zero-order chi connectivity index (χ0) is 27.0. The zero-order valence-corrected chi connectivity index (χ0v) is 22.1. The Hall–Kier alpha value is -3.34. The number of ether oxygens (including phenoxy) is 1. The molecule has 0 aliphatic heterocycles. The fourth-order valence-corrected chi connectivity index (χ4v) is 4.91. The number of carboxylic acid groups (broad SMARTS) is 1. The van der Waals surface area contributed by atoms with Crippen LogP contribution in [0.1, 0.15) is 72.6 Å². The minimum absolute atomic E-state index is 0.300. The van der Waals surface area contributed by atoms with Gasteiger partial charge in [-0.2, -0.15) is 5.10 Å². The lowest BCUT2D eigenvalue weighted by Gasteiger charge is -2.34. The summed E-state index contributed by atoms with van der Waals surface area (Å²) in [6, 6.07) is 0.980. The molecule has 3 rings (SSSR count). The zero-order valence-electron chi connectivity index (χ0n) is 22.1. The summed E-state index contributed by atoms with van der Waals surface area (Å²) in [5.41, 5.74) is -0.765. The quantitative estimate of drug-likeness (QED) is 0.247. The highest BCUT2D eigenvalue weighted by atomic mass is 16.6. The summed E-state index contributed by atoms with van der Waals surface area (Å²) in [6.07, 6.45) is 9.54. The van der Waals surface area contributed by atoms with Gasteiger partial charge in [-0.3, -0.25) is 9.69 Å². The van der Waals surface area contributed by atoms with Crippen LogP contribution in [0.4, 0.5) is 5.82 Å². The maximum absolute atomic E-state index is 13.4. The molecule has 0 saturated heterocycles. The summed E-state index contributed by atoms with van der Waals surface area (Å²) in [5.74, 6) is -2.32. The molecular formula is C26H38N6O5. The number of aryl methyl sites for hydroxylation is 1. The molecule has 0 spiro atoms. The summed E-state index contributed by atoms with van der Waals surface area (Å²) in [5, 5.41) is 16.7. The van der Waals surface area contributed by atoms with Crippen molar-refractivity contribution < 1.29 is 24.2 Å². The highest BCUT2D eigenvalue weighted by Crippen LogP contribution is 2.34. The van der Waals surface area contributed by atoms with E-state index in [1.54, 1.807) is 6.20 Å². The van der Waals surface area contributed by atoms with E-state index in [9.17, 15) is 14.4 Å². The monoisotopic (exact) mass is 514 g/mol. The first kappa shape index (κ1) is 28.2. The molecule has 1 aliphatic rings. The SMILES string of the molecule is CC(C)N(CCCCn1ncc2c(NC(=O)C3(OC(=O)/C=C\C(=O)O)CCCCC3)ncnc21)C(C)C. The fourth-order valence-electron chi connectivity index (χ4n) is 4.91. The van der Waals surface area contributed by atoms with Crippen molar-refractivity contribution >= 4 is 34.7 Å². The Morgan fingerprint density at radius 2 is 1.81 bits per heavy atom. The largest absolute Gasteiger partial charge is 0.478 e. The van der Waals surface area contributed by atoms with E-state index in [0.717, 1.165) is 31.9 Å². The van der Waals surface area contributed by atoms with Gasteiger partial charge in [0.2, 0.25) is 0 Å². The molecule has 0 atom stereocenters. The van der Waals surface area contributed by atoms with Gasteiger partial charge < -0.3 is 15.2 Å². The first-order valence-corrected chi connectivity index (χ1v) is 13.0. The molecule has 2 aromatic rings. The van der Waals surface area contributed by atoms with Crippen LogP contribution in [0.2, 0.25) is 0 Å². The van der Waals surface area contributed by atoms with E-state index in [2.05, 4.69) is 53.0 Å².